The van der Waals surface area contributed by atoms with Crippen molar-refractivity contribution in [1.82, 2.24) is 10.2 Å². The number of thioether (sulfide) groups is 1. The van der Waals surface area contributed by atoms with E-state index in [9.17, 15) is 19.5 Å². The van der Waals surface area contributed by atoms with Gasteiger partial charge in [-0.1, -0.05) is 42.5 Å². The first kappa shape index (κ1) is 30.6. The Kier molecular flexibility index (Phi) is 14.7. The predicted molar refractivity (Wildman–Crippen MR) is 149 cm³/mol. The molecule has 1 aromatic rings. The molecule has 2 rings (SSSR count). The van der Waals surface area contributed by atoms with Crippen LogP contribution in [0.1, 0.15) is 56.9 Å². The number of esters is 1. The van der Waals surface area contributed by atoms with Crippen LogP contribution in [0, 0.1) is 5.92 Å². The van der Waals surface area contributed by atoms with Gasteiger partial charge in [-0.3, -0.25) is 14.4 Å². The van der Waals surface area contributed by atoms with Gasteiger partial charge in [0.1, 0.15) is 6.61 Å². The van der Waals surface area contributed by atoms with Gasteiger partial charge in [0, 0.05) is 30.9 Å². The van der Waals surface area contributed by atoms with E-state index in [1.54, 1.807) is 22.7 Å². The highest BCUT2D eigenvalue weighted by molar-refractivity contribution is 7.98. The summed E-state index contributed by atoms with van der Waals surface area (Å²) in [6, 6.07) is 9.49. The molecule has 204 valence electrons. The van der Waals surface area contributed by atoms with Gasteiger partial charge in [-0.25, -0.2) is 0 Å². The Morgan fingerprint density at radius 2 is 1.97 bits per heavy atom. The summed E-state index contributed by atoms with van der Waals surface area (Å²) in [6.07, 6.45) is 8.35. The molecule has 1 fully saturated rings. The van der Waals surface area contributed by atoms with E-state index in [0.29, 0.717) is 25.1 Å². The summed E-state index contributed by atoms with van der Waals surface area (Å²) >= 11 is 1.66. The third-order valence-corrected chi connectivity index (χ3v) is 7.59. The fraction of sp³-hybridized carbons (Fsp3) is 0.552. The van der Waals surface area contributed by atoms with Gasteiger partial charge in [0.2, 0.25) is 11.8 Å². The quantitative estimate of drug-likeness (QED) is 0.167. The van der Waals surface area contributed by atoms with E-state index in [2.05, 4.69) is 18.5 Å². The summed E-state index contributed by atoms with van der Waals surface area (Å²) < 4.78 is 5.50. The van der Waals surface area contributed by atoms with Crippen LogP contribution in [0.4, 0.5) is 0 Å². The number of amides is 2. The van der Waals surface area contributed by atoms with Crippen LogP contribution in [-0.4, -0.2) is 65.4 Å². The molecule has 1 aromatic carbocycles. The number of allylic oxidation sites excluding steroid dienone is 2. The number of benzene rings is 1. The molecule has 0 saturated carbocycles. The van der Waals surface area contributed by atoms with E-state index in [4.69, 9.17) is 4.74 Å². The summed E-state index contributed by atoms with van der Waals surface area (Å²) in [5, 5.41) is 12.6. The molecule has 8 heteroatoms. The maximum Gasteiger partial charge on any atom is 0.305 e. The Bertz CT molecular complexity index is 863. The molecule has 37 heavy (non-hydrogen) atoms. The highest BCUT2D eigenvalue weighted by Gasteiger charge is 2.31. The Balaban J connectivity index is 1.96. The number of carbonyl (C=O) groups excluding carboxylic acids is 3. The molecule has 1 aliphatic heterocycles. The van der Waals surface area contributed by atoms with Gasteiger partial charge in [0.15, 0.2) is 0 Å². The average molecular weight is 531 g/mol. The summed E-state index contributed by atoms with van der Waals surface area (Å²) in [5.74, 6) is 0.117. The van der Waals surface area contributed by atoms with Crippen molar-refractivity contribution in [1.29, 1.82) is 0 Å². The highest BCUT2D eigenvalue weighted by Crippen LogP contribution is 2.21. The molecule has 7 nitrogen and oxygen atoms in total. The van der Waals surface area contributed by atoms with Crippen molar-refractivity contribution >= 4 is 29.5 Å². The zero-order chi connectivity index (χ0) is 26.9. The lowest BCUT2D eigenvalue weighted by molar-refractivity contribution is -0.145. The predicted octanol–water partition coefficient (Wildman–Crippen LogP) is 4.26. The second kappa shape index (κ2) is 17.8. The lowest BCUT2D eigenvalue weighted by Crippen LogP contribution is -2.45. The van der Waals surface area contributed by atoms with E-state index in [-0.39, 0.29) is 49.5 Å². The minimum atomic E-state index is -0.568. The van der Waals surface area contributed by atoms with Gasteiger partial charge in [-0.05, 0) is 44.1 Å². The van der Waals surface area contributed by atoms with Gasteiger partial charge >= 0.3 is 5.97 Å². The van der Waals surface area contributed by atoms with E-state index in [1.165, 1.54) is 5.56 Å². The molecule has 0 radical (unpaired) electrons. The molecular formula is C29H42N2O5S. The molecule has 0 bridgehead atoms. The lowest BCUT2D eigenvalue weighted by atomic mass is 9.98. The number of likely N-dealkylation sites (tertiary alicyclic amines) is 1. The van der Waals surface area contributed by atoms with E-state index >= 15 is 0 Å². The molecule has 0 spiro atoms. The number of ether oxygens (including phenoxy) is 1. The van der Waals surface area contributed by atoms with Gasteiger partial charge in [-0.15, -0.1) is 13.2 Å². The Labute approximate surface area is 225 Å². The van der Waals surface area contributed by atoms with Crippen LogP contribution >= 0.6 is 11.8 Å². The standard InChI is InChI=1S/C29H42N2O5S/c1-3-5-6-10-16-28(34)36-20-25(22-37-21-23-13-8-7-9-14-23)30-29(35)24(12-4-2)18-27(33)31-17-11-15-26(31)19-32/h3-4,7-9,13-14,24-26,32H,1-2,5-6,10-12,15-22H2,(H,30,35)/t24-,25-,26+/m1/s1. The molecule has 1 saturated heterocycles. The monoisotopic (exact) mass is 530 g/mol. The van der Waals surface area contributed by atoms with Crippen molar-refractivity contribution in [2.24, 2.45) is 5.92 Å². The van der Waals surface area contributed by atoms with Crippen molar-refractivity contribution in [2.75, 3.05) is 25.5 Å². The van der Waals surface area contributed by atoms with E-state index in [0.717, 1.165) is 37.9 Å². The largest absolute Gasteiger partial charge is 0.463 e. The normalized spacial score (nSPS) is 16.6. The number of hydrogen-bond acceptors (Lipinski definition) is 6. The van der Waals surface area contributed by atoms with Gasteiger partial charge in [0.25, 0.3) is 0 Å². The van der Waals surface area contributed by atoms with Gasteiger partial charge < -0.3 is 20.1 Å². The second-order valence-electron chi connectivity index (χ2n) is 9.41. The van der Waals surface area contributed by atoms with Crippen LogP contribution < -0.4 is 5.32 Å². The van der Waals surface area contributed by atoms with E-state index < -0.39 is 5.92 Å². The van der Waals surface area contributed by atoms with Crippen molar-refractivity contribution in [2.45, 2.75) is 69.2 Å². The van der Waals surface area contributed by atoms with Crippen LogP contribution in [0.15, 0.2) is 55.6 Å². The minimum absolute atomic E-state index is 0.0569. The summed E-state index contributed by atoms with van der Waals surface area (Å²) in [6.45, 7) is 8.07. The molecule has 2 amide bonds. The van der Waals surface area contributed by atoms with Crippen LogP contribution in [0.25, 0.3) is 0 Å². The molecule has 0 aliphatic carbocycles. The smallest absolute Gasteiger partial charge is 0.305 e. The highest BCUT2D eigenvalue weighted by atomic mass is 32.2. The number of unbranched alkanes of at least 4 members (excludes halogenated alkanes) is 2. The molecule has 1 aliphatic rings. The number of hydrogen-bond donors (Lipinski definition) is 2. The summed E-state index contributed by atoms with van der Waals surface area (Å²) in [7, 11) is 0. The maximum atomic E-state index is 13.2. The SMILES string of the molecule is C=CCCCCC(=O)OC[C@H](CSCc1ccccc1)NC(=O)[C@H](CC=C)CC(=O)N1CCC[C@H]1CO. The Morgan fingerprint density at radius 1 is 1.19 bits per heavy atom. The number of aliphatic hydroxyl groups is 1. The van der Waals surface area contributed by atoms with Crippen molar-refractivity contribution in [3.8, 4) is 0 Å². The minimum Gasteiger partial charge on any atom is -0.463 e. The van der Waals surface area contributed by atoms with Crippen LogP contribution in [-0.2, 0) is 24.9 Å². The third-order valence-electron chi connectivity index (χ3n) is 6.41. The zero-order valence-electron chi connectivity index (χ0n) is 21.8. The summed E-state index contributed by atoms with van der Waals surface area (Å²) in [4.78, 5) is 40.0. The third kappa shape index (κ3) is 11.6. The number of nitrogens with zero attached hydrogens (tertiary/aromatic N) is 1. The lowest BCUT2D eigenvalue weighted by Gasteiger charge is -2.26. The fourth-order valence-electron chi connectivity index (χ4n) is 4.33. The summed E-state index contributed by atoms with van der Waals surface area (Å²) in [5.41, 5.74) is 1.18. The Morgan fingerprint density at radius 3 is 2.68 bits per heavy atom. The number of aliphatic hydroxyl groups excluding tert-OH is 1. The average Bonchev–Trinajstić information content (AvgIpc) is 3.39. The molecular weight excluding hydrogens is 488 g/mol. The van der Waals surface area contributed by atoms with Crippen molar-refractivity contribution in [3.05, 3.63) is 61.2 Å². The fourth-order valence-corrected chi connectivity index (χ4v) is 5.34. The molecule has 1 heterocycles. The maximum absolute atomic E-state index is 13.2. The number of rotatable bonds is 18. The number of nitrogens with one attached hydrogen (secondary N) is 1. The van der Waals surface area contributed by atoms with Crippen LogP contribution in [0.5, 0.6) is 0 Å². The van der Waals surface area contributed by atoms with Gasteiger partial charge in [0.05, 0.1) is 24.6 Å². The van der Waals surface area contributed by atoms with E-state index in [1.807, 2.05) is 36.4 Å². The Hall–Kier alpha value is -2.58. The topological polar surface area (TPSA) is 95.9 Å². The second-order valence-corrected chi connectivity index (χ2v) is 10.4. The number of carbonyl (C=O) groups is 3. The van der Waals surface area contributed by atoms with Crippen molar-refractivity contribution < 1.29 is 24.2 Å². The van der Waals surface area contributed by atoms with Gasteiger partial charge in [-0.2, -0.15) is 11.8 Å². The molecule has 2 N–H and O–H groups in total. The van der Waals surface area contributed by atoms with Crippen LogP contribution in [0.2, 0.25) is 0 Å². The first-order valence-electron chi connectivity index (χ1n) is 13.2. The van der Waals surface area contributed by atoms with Crippen molar-refractivity contribution in [3.63, 3.8) is 0 Å². The molecule has 3 atom stereocenters. The molecule has 0 aromatic heterocycles. The zero-order valence-corrected chi connectivity index (χ0v) is 22.6. The molecule has 0 unspecified atom stereocenters. The first-order valence-corrected chi connectivity index (χ1v) is 14.3. The van der Waals surface area contributed by atoms with Crippen LogP contribution in [0.3, 0.4) is 0 Å². The first-order chi connectivity index (χ1) is 18.0.